The van der Waals surface area contributed by atoms with Crippen molar-refractivity contribution < 1.29 is 14.3 Å². The second kappa shape index (κ2) is 12.3. The van der Waals surface area contributed by atoms with Crippen molar-refractivity contribution in [2.45, 2.75) is 32.4 Å². The fourth-order valence-electron chi connectivity index (χ4n) is 3.89. The first-order chi connectivity index (χ1) is 17.0. The Morgan fingerprint density at radius 1 is 1.11 bits per heavy atom. The quantitative estimate of drug-likeness (QED) is 0.438. The Morgan fingerprint density at radius 3 is 2.54 bits per heavy atom. The number of ether oxygens (including phenoxy) is 1. The normalized spacial score (nSPS) is 14.7. The lowest BCUT2D eigenvalue weighted by atomic mass is 10.0. The van der Waals surface area contributed by atoms with E-state index in [2.05, 4.69) is 20.5 Å². The standard InChI is InChI=1S/C27H30N4O3S/c1-20-28-24(19-35-20)18-34-25-10-7-21(8-11-25)9-12-26(32)29-23-13-15-31(16-14-23)17-27(33)30-22-5-3-2-4-6-22/h2-12,19,23H,13-18H2,1H3,(H,29,32)(H,30,33)/b12-9+. The highest BCUT2D eigenvalue weighted by Crippen LogP contribution is 2.16. The summed E-state index contributed by atoms with van der Waals surface area (Å²) < 4.78 is 5.76. The summed E-state index contributed by atoms with van der Waals surface area (Å²) in [5.41, 5.74) is 2.66. The number of para-hydroxylation sites is 1. The number of piperidine rings is 1. The third kappa shape index (κ3) is 8.05. The number of aromatic nitrogens is 1. The molecule has 1 aromatic heterocycles. The maximum Gasteiger partial charge on any atom is 0.244 e. The molecule has 2 aromatic carbocycles. The first kappa shape index (κ1) is 24.6. The molecule has 35 heavy (non-hydrogen) atoms. The van der Waals surface area contributed by atoms with Crippen LogP contribution in [-0.2, 0) is 16.2 Å². The van der Waals surface area contributed by atoms with Crippen LogP contribution in [0.4, 0.5) is 5.69 Å². The van der Waals surface area contributed by atoms with Crippen LogP contribution in [0.25, 0.3) is 6.08 Å². The third-order valence-corrected chi connectivity index (χ3v) is 6.54. The van der Waals surface area contributed by atoms with Crippen LogP contribution in [0.5, 0.6) is 5.75 Å². The van der Waals surface area contributed by atoms with Gasteiger partial charge in [-0.15, -0.1) is 11.3 Å². The van der Waals surface area contributed by atoms with Gasteiger partial charge in [-0.2, -0.15) is 0 Å². The molecule has 182 valence electrons. The lowest BCUT2D eigenvalue weighted by Gasteiger charge is -2.31. The van der Waals surface area contributed by atoms with Gasteiger partial charge >= 0.3 is 0 Å². The summed E-state index contributed by atoms with van der Waals surface area (Å²) >= 11 is 1.61. The Balaban J connectivity index is 1.15. The lowest BCUT2D eigenvalue weighted by molar-refractivity contribution is -0.119. The number of likely N-dealkylation sites (tertiary alicyclic amines) is 1. The predicted octanol–water partition coefficient (Wildman–Crippen LogP) is 4.26. The third-order valence-electron chi connectivity index (χ3n) is 5.72. The molecule has 1 aliphatic rings. The molecule has 2 N–H and O–H groups in total. The van der Waals surface area contributed by atoms with Crippen LogP contribution < -0.4 is 15.4 Å². The predicted molar refractivity (Wildman–Crippen MR) is 139 cm³/mol. The molecule has 0 bridgehead atoms. The number of carbonyl (C=O) groups excluding carboxylic acids is 2. The molecule has 1 saturated heterocycles. The fraction of sp³-hybridized carbons (Fsp3) is 0.296. The minimum atomic E-state index is -0.107. The van der Waals surface area contributed by atoms with E-state index in [-0.39, 0.29) is 17.9 Å². The van der Waals surface area contributed by atoms with Crippen molar-refractivity contribution in [1.82, 2.24) is 15.2 Å². The van der Waals surface area contributed by atoms with Crippen LogP contribution >= 0.6 is 11.3 Å². The minimum absolute atomic E-state index is 0.0173. The van der Waals surface area contributed by atoms with Gasteiger partial charge in [-0.3, -0.25) is 14.5 Å². The molecule has 8 heteroatoms. The van der Waals surface area contributed by atoms with Gasteiger partial charge in [0, 0.05) is 36.3 Å². The van der Waals surface area contributed by atoms with Crippen LogP contribution in [-0.4, -0.2) is 47.4 Å². The first-order valence-corrected chi connectivity index (χ1v) is 12.6. The van der Waals surface area contributed by atoms with E-state index in [0.29, 0.717) is 13.2 Å². The zero-order valence-corrected chi connectivity index (χ0v) is 20.6. The van der Waals surface area contributed by atoms with E-state index < -0.39 is 0 Å². The molecule has 7 nitrogen and oxygen atoms in total. The maximum atomic E-state index is 12.4. The highest BCUT2D eigenvalue weighted by atomic mass is 32.1. The Morgan fingerprint density at radius 2 is 1.86 bits per heavy atom. The Hall–Kier alpha value is -3.49. The molecule has 0 atom stereocenters. The number of nitrogens with zero attached hydrogens (tertiary/aromatic N) is 2. The van der Waals surface area contributed by atoms with E-state index in [1.165, 1.54) is 0 Å². The van der Waals surface area contributed by atoms with Crippen molar-refractivity contribution in [3.63, 3.8) is 0 Å². The van der Waals surface area contributed by atoms with Gasteiger partial charge in [-0.25, -0.2) is 4.98 Å². The zero-order chi connectivity index (χ0) is 24.5. The second-order valence-electron chi connectivity index (χ2n) is 8.52. The van der Waals surface area contributed by atoms with E-state index in [1.807, 2.05) is 66.9 Å². The molecule has 2 amide bonds. The van der Waals surface area contributed by atoms with Crippen LogP contribution in [0.3, 0.4) is 0 Å². The van der Waals surface area contributed by atoms with E-state index in [9.17, 15) is 9.59 Å². The van der Waals surface area contributed by atoms with Crippen molar-refractivity contribution in [2.24, 2.45) is 0 Å². The molecule has 1 fully saturated rings. The summed E-state index contributed by atoms with van der Waals surface area (Å²) in [6.45, 7) is 4.33. The van der Waals surface area contributed by atoms with Crippen molar-refractivity contribution in [3.8, 4) is 5.75 Å². The molecule has 0 aliphatic carbocycles. The van der Waals surface area contributed by atoms with E-state index in [4.69, 9.17) is 4.74 Å². The van der Waals surface area contributed by atoms with Crippen LogP contribution in [0.15, 0.2) is 66.1 Å². The first-order valence-electron chi connectivity index (χ1n) is 11.7. The molecule has 0 saturated carbocycles. The number of rotatable bonds is 9. The Bertz CT molecular complexity index is 1140. The second-order valence-corrected chi connectivity index (χ2v) is 9.58. The highest BCUT2D eigenvalue weighted by molar-refractivity contribution is 7.09. The molecule has 4 rings (SSSR count). The Kier molecular flexibility index (Phi) is 8.64. The van der Waals surface area contributed by atoms with E-state index in [1.54, 1.807) is 23.5 Å². The van der Waals surface area contributed by atoms with Gasteiger partial charge in [0.15, 0.2) is 0 Å². The molecule has 3 aromatic rings. The van der Waals surface area contributed by atoms with Crippen molar-refractivity contribution in [1.29, 1.82) is 0 Å². The van der Waals surface area contributed by atoms with Gasteiger partial charge in [0.05, 0.1) is 17.2 Å². The SMILES string of the molecule is Cc1nc(COc2ccc(/C=C/C(=O)NC3CCN(CC(=O)Nc4ccccc4)CC3)cc2)cs1. The monoisotopic (exact) mass is 490 g/mol. The lowest BCUT2D eigenvalue weighted by Crippen LogP contribution is -2.46. The highest BCUT2D eigenvalue weighted by Gasteiger charge is 2.21. The van der Waals surface area contributed by atoms with Crippen LogP contribution in [0.2, 0.25) is 0 Å². The number of hydrogen-bond donors (Lipinski definition) is 2. The van der Waals surface area contributed by atoms with E-state index in [0.717, 1.165) is 53.6 Å². The smallest absolute Gasteiger partial charge is 0.244 e. The molecule has 1 aliphatic heterocycles. The van der Waals surface area contributed by atoms with Crippen molar-refractivity contribution in [3.05, 3.63) is 82.3 Å². The number of carbonyl (C=O) groups is 2. The molecule has 2 heterocycles. The van der Waals surface area contributed by atoms with Gasteiger partial charge in [0.25, 0.3) is 0 Å². The summed E-state index contributed by atoms with van der Waals surface area (Å²) in [5, 5.41) is 9.01. The summed E-state index contributed by atoms with van der Waals surface area (Å²) in [6.07, 6.45) is 5.00. The van der Waals surface area contributed by atoms with Gasteiger partial charge in [-0.05, 0) is 55.7 Å². The van der Waals surface area contributed by atoms with Gasteiger partial charge in [-0.1, -0.05) is 30.3 Å². The molecule has 0 radical (unpaired) electrons. The van der Waals surface area contributed by atoms with Crippen LogP contribution in [0.1, 0.15) is 29.1 Å². The molecule has 0 spiro atoms. The average molecular weight is 491 g/mol. The number of nitrogens with one attached hydrogen (secondary N) is 2. The molecular formula is C27H30N4O3S. The zero-order valence-electron chi connectivity index (χ0n) is 19.8. The average Bonchev–Trinajstić information content (AvgIpc) is 3.29. The van der Waals surface area contributed by atoms with Crippen molar-refractivity contribution >= 4 is 34.9 Å². The van der Waals surface area contributed by atoms with E-state index >= 15 is 0 Å². The summed E-state index contributed by atoms with van der Waals surface area (Å²) in [6, 6.07) is 17.2. The number of anilines is 1. The number of amides is 2. The van der Waals surface area contributed by atoms with Crippen LogP contribution in [0, 0.1) is 6.92 Å². The summed E-state index contributed by atoms with van der Waals surface area (Å²) in [4.78, 5) is 31.1. The van der Waals surface area contributed by atoms with Crippen molar-refractivity contribution in [2.75, 3.05) is 25.0 Å². The summed E-state index contributed by atoms with van der Waals surface area (Å²) in [5.74, 6) is 0.641. The molecular weight excluding hydrogens is 460 g/mol. The fourth-order valence-corrected chi connectivity index (χ4v) is 4.49. The maximum absolute atomic E-state index is 12.4. The minimum Gasteiger partial charge on any atom is -0.487 e. The number of aryl methyl sites for hydroxylation is 1. The Labute approximate surface area is 209 Å². The molecule has 0 unspecified atom stereocenters. The number of thiazole rings is 1. The van der Waals surface area contributed by atoms with Gasteiger partial charge in [0.2, 0.25) is 11.8 Å². The largest absolute Gasteiger partial charge is 0.487 e. The summed E-state index contributed by atoms with van der Waals surface area (Å²) in [7, 11) is 0. The number of hydrogen-bond acceptors (Lipinski definition) is 6. The topological polar surface area (TPSA) is 83.6 Å². The van der Waals surface area contributed by atoms with Gasteiger partial charge in [0.1, 0.15) is 12.4 Å². The number of benzene rings is 2. The van der Waals surface area contributed by atoms with Gasteiger partial charge < -0.3 is 15.4 Å².